The highest BCUT2D eigenvalue weighted by molar-refractivity contribution is 5.47. The molecule has 0 heterocycles. The number of benzene rings is 1. The average molecular weight is 192 g/mol. The van der Waals surface area contributed by atoms with E-state index in [-0.39, 0.29) is 5.41 Å². The Balaban J connectivity index is 3.36. The summed E-state index contributed by atoms with van der Waals surface area (Å²) in [7, 11) is 1.74. The van der Waals surface area contributed by atoms with E-state index in [0.29, 0.717) is 0 Å². The molecule has 14 heavy (non-hydrogen) atoms. The summed E-state index contributed by atoms with van der Waals surface area (Å²) in [5.41, 5.74) is 4.02. The molecule has 1 heteroatoms. The van der Waals surface area contributed by atoms with Gasteiger partial charge in [-0.2, -0.15) is 0 Å². The molecule has 0 bridgehead atoms. The molecular weight excluding hydrogens is 172 g/mol. The zero-order valence-electron chi connectivity index (χ0n) is 10.1. The molecule has 0 radical (unpaired) electrons. The van der Waals surface area contributed by atoms with Crippen molar-refractivity contribution in [3.63, 3.8) is 0 Å². The molecule has 0 N–H and O–H groups in total. The third-order valence-corrected chi connectivity index (χ3v) is 2.61. The summed E-state index contributed by atoms with van der Waals surface area (Å²) in [6.45, 7) is 10.9. The topological polar surface area (TPSA) is 9.23 Å². The molecule has 0 aliphatic heterocycles. The Morgan fingerprint density at radius 3 is 2.07 bits per heavy atom. The number of aryl methyl sites for hydroxylation is 1. The van der Waals surface area contributed by atoms with Gasteiger partial charge in [0.05, 0.1) is 7.11 Å². The lowest BCUT2D eigenvalue weighted by atomic mass is 9.83. The van der Waals surface area contributed by atoms with E-state index < -0.39 is 0 Å². The van der Waals surface area contributed by atoms with Crippen LogP contribution in [0.1, 0.15) is 37.5 Å². The fourth-order valence-corrected chi connectivity index (χ4v) is 1.95. The first-order valence-corrected chi connectivity index (χ1v) is 5.02. The molecule has 0 aliphatic carbocycles. The standard InChI is InChI=1S/C13H20O/c1-9-7-8-11(13(3,4)5)10(2)12(9)14-6/h7-8H,1-6H3. The highest BCUT2D eigenvalue weighted by Gasteiger charge is 2.18. The minimum Gasteiger partial charge on any atom is -0.496 e. The quantitative estimate of drug-likeness (QED) is 0.660. The fourth-order valence-electron chi connectivity index (χ4n) is 1.95. The fraction of sp³-hybridized carbons (Fsp3) is 0.538. The Kier molecular flexibility index (Phi) is 2.89. The molecule has 0 spiro atoms. The van der Waals surface area contributed by atoms with Gasteiger partial charge in [-0.3, -0.25) is 0 Å². The number of rotatable bonds is 1. The van der Waals surface area contributed by atoms with Gasteiger partial charge in [0.2, 0.25) is 0 Å². The molecule has 78 valence electrons. The second-order valence-corrected chi connectivity index (χ2v) is 4.84. The monoisotopic (exact) mass is 192 g/mol. The molecule has 0 aliphatic rings. The van der Waals surface area contributed by atoms with E-state index in [9.17, 15) is 0 Å². The summed E-state index contributed by atoms with van der Waals surface area (Å²) < 4.78 is 5.41. The maximum Gasteiger partial charge on any atom is 0.124 e. The van der Waals surface area contributed by atoms with Crippen molar-refractivity contribution in [3.05, 3.63) is 28.8 Å². The first kappa shape index (κ1) is 11.1. The minimum atomic E-state index is 0.186. The van der Waals surface area contributed by atoms with Crippen molar-refractivity contribution >= 4 is 0 Å². The van der Waals surface area contributed by atoms with E-state index in [0.717, 1.165) is 5.75 Å². The Morgan fingerprint density at radius 1 is 1.07 bits per heavy atom. The van der Waals surface area contributed by atoms with Gasteiger partial charge in [-0.25, -0.2) is 0 Å². The van der Waals surface area contributed by atoms with E-state index in [1.54, 1.807) is 7.11 Å². The molecule has 1 aromatic rings. The van der Waals surface area contributed by atoms with Gasteiger partial charge in [-0.1, -0.05) is 32.9 Å². The lowest BCUT2D eigenvalue weighted by Gasteiger charge is -2.23. The molecular formula is C13H20O. The van der Waals surface area contributed by atoms with Crippen molar-refractivity contribution in [1.82, 2.24) is 0 Å². The Bertz CT molecular complexity index is 332. The summed E-state index contributed by atoms with van der Waals surface area (Å²) in [5, 5.41) is 0. The van der Waals surface area contributed by atoms with Gasteiger partial charge in [0.25, 0.3) is 0 Å². The molecule has 0 saturated heterocycles. The van der Waals surface area contributed by atoms with E-state index in [1.807, 2.05) is 0 Å². The van der Waals surface area contributed by atoms with Gasteiger partial charge in [0.15, 0.2) is 0 Å². The second kappa shape index (κ2) is 3.64. The second-order valence-electron chi connectivity index (χ2n) is 4.84. The van der Waals surface area contributed by atoms with E-state index >= 15 is 0 Å². The molecule has 0 fully saturated rings. The average Bonchev–Trinajstić information content (AvgIpc) is 2.02. The molecule has 0 aromatic heterocycles. The van der Waals surface area contributed by atoms with Crippen molar-refractivity contribution in [1.29, 1.82) is 0 Å². The predicted molar refractivity (Wildman–Crippen MR) is 61.2 cm³/mol. The molecule has 0 amide bonds. The molecule has 0 saturated carbocycles. The largest absolute Gasteiger partial charge is 0.496 e. The van der Waals surface area contributed by atoms with Gasteiger partial charge in [0.1, 0.15) is 5.75 Å². The first-order valence-electron chi connectivity index (χ1n) is 5.02. The highest BCUT2D eigenvalue weighted by atomic mass is 16.5. The van der Waals surface area contributed by atoms with Crippen LogP contribution in [0.2, 0.25) is 0 Å². The normalized spacial score (nSPS) is 11.6. The van der Waals surface area contributed by atoms with Gasteiger partial charge in [0, 0.05) is 0 Å². The summed E-state index contributed by atoms with van der Waals surface area (Å²) in [4.78, 5) is 0. The Hall–Kier alpha value is -0.980. The maximum atomic E-state index is 5.41. The van der Waals surface area contributed by atoms with Crippen molar-refractivity contribution in [2.24, 2.45) is 0 Å². The van der Waals surface area contributed by atoms with Crippen LogP contribution in [0, 0.1) is 13.8 Å². The van der Waals surface area contributed by atoms with Crippen molar-refractivity contribution < 1.29 is 4.74 Å². The number of hydrogen-bond donors (Lipinski definition) is 0. The van der Waals surface area contributed by atoms with Gasteiger partial charge >= 0.3 is 0 Å². The third kappa shape index (κ3) is 1.92. The summed E-state index contributed by atoms with van der Waals surface area (Å²) >= 11 is 0. The van der Waals surface area contributed by atoms with Crippen LogP contribution in [-0.2, 0) is 5.41 Å². The van der Waals surface area contributed by atoms with Crippen molar-refractivity contribution in [2.75, 3.05) is 7.11 Å². The lowest BCUT2D eigenvalue weighted by molar-refractivity contribution is 0.406. The molecule has 1 aromatic carbocycles. The van der Waals surface area contributed by atoms with Crippen LogP contribution >= 0.6 is 0 Å². The van der Waals surface area contributed by atoms with E-state index in [1.165, 1.54) is 16.7 Å². The van der Waals surface area contributed by atoms with Crippen LogP contribution in [0.25, 0.3) is 0 Å². The van der Waals surface area contributed by atoms with Crippen LogP contribution in [0.5, 0.6) is 5.75 Å². The summed E-state index contributed by atoms with van der Waals surface area (Å²) in [5.74, 6) is 1.03. The first-order chi connectivity index (χ1) is 6.38. The maximum absolute atomic E-state index is 5.41. The number of ether oxygens (including phenoxy) is 1. The lowest BCUT2D eigenvalue weighted by Crippen LogP contribution is -2.13. The summed E-state index contributed by atoms with van der Waals surface area (Å²) in [6.07, 6.45) is 0. The van der Waals surface area contributed by atoms with Crippen molar-refractivity contribution in [2.45, 2.75) is 40.0 Å². The number of hydrogen-bond acceptors (Lipinski definition) is 1. The highest BCUT2D eigenvalue weighted by Crippen LogP contribution is 2.33. The molecule has 0 atom stereocenters. The molecule has 1 rings (SSSR count). The zero-order chi connectivity index (χ0) is 10.9. The van der Waals surface area contributed by atoms with Crippen LogP contribution in [0.3, 0.4) is 0 Å². The van der Waals surface area contributed by atoms with Crippen molar-refractivity contribution in [3.8, 4) is 5.75 Å². The SMILES string of the molecule is COc1c(C)ccc(C(C)(C)C)c1C. The summed E-state index contributed by atoms with van der Waals surface area (Å²) in [6, 6.07) is 4.33. The molecule has 0 unspecified atom stereocenters. The van der Waals surface area contributed by atoms with Gasteiger partial charge < -0.3 is 4.74 Å². The van der Waals surface area contributed by atoms with E-state index in [2.05, 4.69) is 46.8 Å². The van der Waals surface area contributed by atoms with Crippen LogP contribution in [-0.4, -0.2) is 7.11 Å². The van der Waals surface area contributed by atoms with Crippen LogP contribution in [0.15, 0.2) is 12.1 Å². The third-order valence-electron chi connectivity index (χ3n) is 2.61. The van der Waals surface area contributed by atoms with Gasteiger partial charge in [-0.15, -0.1) is 0 Å². The zero-order valence-corrected chi connectivity index (χ0v) is 10.1. The smallest absolute Gasteiger partial charge is 0.124 e. The minimum absolute atomic E-state index is 0.186. The van der Waals surface area contributed by atoms with Gasteiger partial charge in [-0.05, 0) is 36.0 Å². The van der Waals surface area contributed by atoms with Crippen LogP contribution in [0.4, 0.5) is 0 Å². The van der Waals surface area contributed by atoms with E-state index in [4.69, 9.17) is 4.74 Å². The van der Waals surface area contributed by atoms with Crippen LogP contribution < -0.4 is 4.74 Å². The Morgan fingerprint density at radius 2 is 1.64 bits per heavy atom. The Labute approximate surface area is 87.1 Å². The number of methoxy groups -OCH3 is 1. The molecule has 1 nitrogen and oxygen atoms in total. The predicted octanol–water partition coefficient (Wildman–Crippen LogP) is 3.61.